The fraction of sp³-hybridized carbons (Fsp3) is 0.667. The number of hydrogen-bond donors (Lipinski definition) is 1. The first-order valence-corrected chi connectivity index (χ1v) is 4.00. The molecular weight excluding hydrogens is 154 g/mol. The Labute approximate surface area is 73.5 Å². The molecule has 3 nitrogen and oxygen atoms in total. The number of amides is 1. The van der Waals surface area contributed by atoms with Crippen molar-refractivity contribution in [1.82, 2.24) is 5.32 Å². The van der Waals surface area contributed by atoms with Crippen LogP contribution in [-0.2, 0) is 4.74 Å². The van der Waals surface area contributed by atoms with E-state index in [9.17, 15) is 4.79 Å². The smallest absolute Gasteiger partial charge is 0.408 e. The molecule has 0 fully saturated rings. The van der Waals surface area contributed by atoms with Gasteiger partial charge in [0.1, 0.15) is 5.54 Å². The lowest BCUT2D eigenvalue weighted by molar-refractivity contribution is 0.144. The molecule has 0 aromatic heterocycles. The van der Waals surface area contributed by atoms with Gasteiger partial charge >= 0.3 is 6.09 Å². The molecule has 0 aliphatic rings. The third kappa shape index (κ3) is 3.29. The van der Waals surface area contributed by atoms with Crippen LogP contribution in [0.3, 0.4) is 0 Å². The second kappa shape index (κ2) is 4.66. The van der Waals surface area contributed by atoms with Crippen LogP contribution in [0.15, 0.2) is 0 Å². The molecule has 0 spiro atoms. The van der Waals surface area contributed by atoms with E-state index in [2.05, 4.69) is 11.2 Å². The second-order valence-electron chi connectivity index (χ2n) is 2.68. The first-order valence-electron chi connectivity index (χ1n) is 4.00. The molecule has 0 saturated carbocycles. The van der Waals surface area contributed by atoms with Crippen LogP contribution in [0.5, 0.6) is 0 Å². The van der Waals surface area contributed by atoms with Crippen molar-refractivity contribution in [3.05, 3.63) is 0 Å². The molecule has 1 amide bonds. The molecule has 0 saturated heterocycles. The highest BCUT2D eigenvalue weighted by molar-refractivity contribution is 5.68. The van der Waals surface area contributed by atoms with Gasteiger partial charge in [-0.1, -0.05) is 12.8 Å². The summed E-state index contributed by atoms with van der Waals surface area (Å²) in [5.41, 5.74) is -0.591. The molecule has 12 heavy (non-hydrogen) atoms. The Hall–Kier alpha value is -1.17. The van der Waals surface area contributed by atoms with Crippen molar-refractivity contribution >= 4 is 6.09 Å². The highest BCUT2D eigenvalue weighted by atomic mass is 16.5. The van der Waals surface area contributed by atoms with Crippen molar-refractivity contribution in [3.8, 4) is 12.3 Å². The largest absolute Gasteiger partial charge is 0.450 e. The van der Waals surface area contributed by atoms with Crippen LogP contribution < -0.4 is 5.32 Å². The van der Waals surface area contributed by atoms with Crippen molar-refractivity contribution in [3.63, 3.8) is 0 Å². The molecule has 1 N–H and O–H groups in total. The quantitative estimate of drug-likeness (QED) is 0.651. The summed E-state index contributed by atoms with van der Waals surface area (Å²) in [5, 5.41) is 2.60. The van der Waals surface area contributed by atoms with Gasteiger partial charge in [0.15, 0.2) is 0 Å². The van der Waals surface area contributed by atoms with E-state index in [1.807, 2.05) is 6.92 Å². The van der Waals surface area contributed by atoms with Gasteiger partial charge in [-0.25, -0.2) is 4.79 Å². The maximum absolute atomic E-state index is 10.9. The molecule has 0 radical (unpaired) electrons. The average molecular weight is 169 g/mol. The average Bonchev–Trinajstić information content (AvgIpc) is 2.05. The molecular formula is C9H15NO2. The van der Waals surface area contributed by atoms with Crippen LogP contribution >= 0.6 is 0 Å². The van der Waals surface area contributed by atoms with Gasteiger partial charge in [0, 0.05) is 0 Å². The molecule has 0 aliphatic carbocycles. The minimum absolute atomic E-state index is 0.357. The van der Waals surface area contributed by atoms with E-state index < -0.39 is 11.6 Å². The molecule has 0 aromatic rings. The minimum atomic E-state index is -0.591. The van der Waals surface area contributed by atoms with Gasteiger partial charge in [-0.2, -0.15) is 0 Å². The lowest BCUT2D eigenvalue weighted by Crippen LogP contribution is -2.44. The normalized spacial score (nSPS) is 14.2. The van der Waals surface area contributed by atoms with E-state index in [0.717, 1.165) is 0 Å². The van der Waals surface area contributed by atoms with Gasteiger partial charge in [0.2, 0.25) is 0 Å². The number of nitrogens with one attached hydrogen (secondary N) is 1. The molecule has 3 heteroatoms. The number of alkyl carbamates (subject to hydrolysis) is 1. The van der Waals surface area contributed by atoms with Gasteiger partial charge in [-0.15, -0.1) is 6.42 Å². The minimum Gasteiger partial charge on any atom is -0.450 e. The van der Waals surface area contributed by atoms with E-state index in [1.165, 1.54) is 0 Å². The second-order valence-corrected chi connectivity index (χ2v) is 2.68. The number of terminal acetylenes is 1. The summed E-state index contributed by atoms with van der Waals surface area (Å²) in [6.07, 6.45) is 5.47. The van der Waals surface area contributed by atoms with E-state index in [4.69, 9.17) is 11.2 Å². The van der Waals surface area contributed by atoms with Crippen molar-refractivity contribution in [1.29, 1.82) is 0 Å². The topological polar surface area (TPSA) is 38.3 Å². The Balaban J connectivity index is 4.05. The lowest BCUT2D eigenvalue weighted by atomic mass is 10.0. The van der Waals surface area contributed by atoms with Crippen molar-refractivity contribution in [2.75, 3.05) is 6.61 Å². The SMILES string of the molecule is C#C[C@@](C)(CC)NC(=O)OCC. The predicted molar refractivity (Wildman–Crippen MR) is 47.7 cm³/mol. The fourth-order valence-corrected chi connectivity index (χ4v) is 0.619. The molecule has 0 bridgehead atoms. The summed E-state index contributed by atoms with van der Waals surface area (Å²) in [6, 6.07) is 0. The summed E-state index contributed by atoms with van der Waals surface area (Å²) >= 11 is 0. The Morgan fingerprint density at radius 3 is 2.58 bits per heavy atom. The van der Waals surface area contributed by atoms with Crippen LogP contribution in [0.2, 0.25) is 0 Å². The number of ether oxygens (including phenoxy) is 1. The Morgan fingerprint density at radius 2 is 2.25 bits per heavy atom. The van der Waals surface area contributed by atoms with Crippen LogP contribution in [0.4, 0.5) is 4.79 Å². The van der Waals surface area contributed by atoms with E-state index in [-0.39, 0.29) is 0 Å². The fourth-order valence-electron chi connectivity index (χ4n) is 0.619. The number of hydrogen-bond acceptors (Lipinski definition) is 2. The van der Waals surface area contributed by atoms with Crippen LogP contribution in [0.1, 0.15) is 27.2 Å². The molecule has 0 aromatic carbocycles. The van der Waals surface area contributed by atoms with Gasteiger partial charge in [0.05, 0.1) is 6.61 Å². The zero-order valence-electron chi connectivity index (χ0n) is 7.81. The van der Waals surface area contributed by atoms with Gasteiger partial charge in [-0.3, -0.25) is 0 Å². The third-order valence-electron chi connectivity index (χ3n) is 1.68. The summed E-state index contributed by atoms with van der Waals surface area (Å²) < 4.78 is 4.70. The Kier molecular flexibility index (Phi) is 4.20. The number of carbonyl (C=O) groups is 1. The Morgan fingerprint density at radius 1 is 1.67 bits per heavy atom. The van der Waals surface area contributed by atoms with Gasteiger partial charge in [0.25, 0.3) is 0 Å². The van der Waals surface area contributed by atoms with Crippen LogP contribution in [-0.4, -0.2) is 18.2 Å². The summed E-state index contributed by atoms with van der Waals surface area (Å²) in [5.74, 6) is 2.51. The zero-order chi connectivity index (χ0) is 9.61. The highest BCUT2D eigenvalue weighted by Gasteiger charge is 2.21. The lowest BCUT2D eigenvalue weighted by Gasteiger charge is -2.22. The highest BCUT2D eigenvalue weighted by Crippen LogP contribution is 2.06. The molecule has 1 atom stereocenters. The Bertz CT molecular complexity index is 195. The van der Waals surface area contributed by atoms with Gasteiger partial charge in [-0.05, 0) is 20.3 Å². The number of rotatable bonds is 3. The summed E-state index contributed by atoms with van der Waals surface area (Å²) in [7, 11) is 0. The van der Waals surface area contributed by atoms with Crippen molar-refractivity contribution in [2.24, 2.45) is 0 Å². The molecule has 0 rings (SSSR count). The maximum atomic E-state index is 10.9. The molecule has 68 valence electrons. The first-order chi connectivity index (χ1) is 5.58. The summed E-state index contributed by atoms with van der Waals surface area (Å²) in [6.45, 7) is 5.80. The van der Waals surface area contributed by atoms with Crippen molar-refractivity contribution < 1.29 is 9.53 Å². The van der Waals surface area contributed by atoms with Crippen molar-refractivity contribution in [2.45, 2.75) is 32.7 Å². The standard InChI is InChI=1S/C9H15NO2/c1-5-9(4,6-2)10-8(11)12-7-3/h1H,6-7H2,2-4H3,(H,10,11)/t9-/m0/s1. The molecule has 0 unspecified atom stereocenters. The summed E-state index contributed by atoms with van der Waals surface area (Å²) in [4.78, 5) is 10.9. The number of carbonyl (C=O) groups excluding carboxylic acids is 1. The van der Waals surface area contributed by atoms with E-state index >= 15 is 0 Å². The molecule has 0 heterocycles. The van der Waals surface area contributed by atoms with Crippen LogP contribution in [0, 0.1) is 12.3 Å². The molecule has 0 aliphatic heterocycles. The van der Waals surface area contributed by atoms with Crippen LogP contribution in [0.25, 0.3) is 0 Å². The van der Waals surface area contributed by atoms with Gasteiger partial charge < -0.3 is 10.1 Å². The first kappa shape index (κ1) is 10.8. The monoisotopic (exact) mass is 169 g/mol. The maximum Gasteiger partial charge on any atom is 0.408 e. The predicted octanol–water partition coefficient (Wildman–Crippen LogP) is 1.53. The van der Waals surface area contributed by atoms with E-state index in [1.54, 1.807) is 13.8 Å². The van der Waals surface area contributed by atoms with E-state index in [0.29, 0.717) is 13.0 Å². The third-order valence-corrected chi connectivity index (χ3v) is 1.68. The zero-order valence-corrected chi connectivity index (χ0v) is 7.81.